The molecule has 82 valence electrons. The van der Waals surface area contributed by atoms with E-state index in [4.69, 9.17) is 20.4 Å². The van der Waals surface area contributed by atoms with Crippen LogP contribution in [-0.2, 0) is 9.59 Å². The Kier molecular flexibility index (Phi) is 5.24. The van der Waals surface area contributed by atoms with Crippen LogP contribution in [0.25, 0.3) is 0 Å². The van der Waals surface area contributed by atoms with Crippen LogP contribution in [0.1, 0.15) is 6.42 Å². The van der Waals surface area contributed by atoms with E-state index in [1.807, 2.05) is 0 Å². The fourth-order valence-electron chi connectivity index (χ4n) is 0.758. The van der Waals surface area contributed by atoms with Gasteiger partial charge in [-0.1, -0.05) is 0 Å². The molecule has 0 bridgehead atoms. The van der Waals surface area contributed by atoms with Crippen molar-refractivity contribution in [1.82, 2.24) is 0 Å². The summed E-state index contributed by atoms with van der Waals surface area (Å²) in [4.78, 5) is 20.4. The van der Waals surface area contributed by atoms with Gasteiger partial charge in [-0.25, -0.2) is 0 Å². The first-order valence-corrected chi connectivity index (χ1v) is 3.79. The zero-order valence-electron chi connectivity index (χ0n) is 7.16. The van der Waals surface area contributed by atoms with E-state index in [-0.39, 0.29) is 0 Å². The highest BCUT2D eigenvalue weighted by Crippen LogP contribution is 2.04. The highest BCUT2D eigenvalue weighted by molar-refractivity contribution is 6.31. The van der Waals surface area contributed by atoms with Crippen molar-refractivity contribution in [1.29, 1.82) is 0 Å². The minimum absolute atomic E-state index is 0.808. The van der Waals surface area contributed by atoms with E-state index in [1.165, 1.54) is 0 Å². The third kappa shape index (κ3) is 3.79. The summed E-state index contributed by atoms with van der Waals surface area (Å²) < 4.78 is 0. The van der Waals surface area contributed by atoms with Gasteiger partial charge in [0.1, 0.15) is 18.2 Å². The number of aliphatic hydroxyl groups excluding tert-OH is 4. The van der Waals surface area contributed by atoms with Gasteiger partial charge in [-0.15, -0.1) is 0 Å². The zero-order valence-corrected chi connectivity index (χ0v) is 7.16. The van der Waals surface area contributed by atoms with Gasteiger partial charge in [0.25, 0.3) is 0 Å². The van der Waals surface area contributed by atoms with Crippen molar-refractivity contribution in [2.45, 2.75) is 24.7 Å². The molecule has 0 aromatic rings. The van der Waals surface area contributed by atoms with Gasteiger partial charge in [0.15, 0.2) is 5.78 Å². The first-order valence-electron chi connectivity index (χ1n) is 3.79. The van der Waals surface area contributed by atoms with Crippen LogP contribution in [0.2, 0.25) is 0 Å². The Labute approximate surface area is 79.2 Å². The second kappa shape index (κ2) is 5.66. The molecule has 0 aliphatic rings. The van der Waals surface area contributed by atoms with E-state index in [2.05, 4.69) is 0 Å². The number of carboxylic acid groups (broad SMARTS) is 1. The molecule has 4 N–H and O–H groups in total. The summed E-state index contributed by atoms with van der Waals surface area (Å²) in [5, 5.41) is 45.1. The maximum absolute atomic E-state index is 10.5. The molecule has 0 unspecified atom stereocenters. The van der Waals surface area contributed by atoms with Crippen LogP contribution in [0.3, 0.4) is 0 Å². The monoisotopic (exact) mass is 207 g/mol. The van der Waals surface area contributed by atoms with E-state index in [0.717, 1.165) is 0 Å². The third-order valence-electron chi connectivity index (χ3n) is 1.60. The molecule has 0 saturated carbocycles. The Bertz CT molecular complexity index is 214. The molecule has 0 amide bonds. The van der Waals surface area contributed by atoms with Crippen LogP contribution in [0.5, 0.6) is 0 Å². The molecule has 0 aliphatic heterocycles. The Hall–Kier alpha value is -1.02. The van der Waals surface area contributed by atoms with Crippen LogP contribution in [0.15, 0.2) is 0 Å². The lowest BCUT2D eigenvalue weighted by Crippen LogP contribution is -2.43. The van der Waals surface area contributed by atoms with Gasteiger partial charge >= 0.3 is 0 Å². The highest BCUT2D eigenvalue weighted by atomic mass is 16.4. The lowest BCUT2D eigenvalue weighted by atomic mass is 10.0. The van der Waals surface area contributed by atoms with E-state index in [1.54, 1.807) is 0 Å². The summed E-state index contributed by atoms with van der Waals surface area (Å²) in [6.45, 7) is -0.808. The summed E-state index contributed by atoms with van der Waals surface area (Å²) in [7, 11) is 0. The number of carboxylic acids is 1. The van der Waals surface area contributed by atoms with Gasteiger partial charge in [-0.2, -0.15) is 0 Å². The number of aliphatic hydroxyl groups is 4. The molecule has 7 nitrogen and oxygen atoms in total. The van der Waals surface area contributed by atoms with Crippen molar-refractivity contribution in [2.75, 3.05) is 6.61 Å². The third-order valence-corrected chi connectivity index (χ3v) is 1.60. The average molecular weight is 207 g/mol. The van der Waals surface area contributed by atoms with E-state index in [0.29, 0.717) is 0 Å². The Morgan fingerprint density at radius 2 is 1.64 bits per heavy atom. The Morgan fingerprint density at radius 1 is 1.14 bits per heavy atom. The van der Waals surface area contributed by atoms with E-state index >= 15 is 0 Å². The van der Waals surface area contributed by atoms with Gasteiger partial charge in [0.2, 0.25) is 0 Å². The topological polar surface area (TPSA) is 138 Å². The minimum atomic E-state index is -1.98. The SMILES string of the molecule is O=C([O-])C(=O)C[C@@H](O)[C@H](O)[C@H](O)CO. The molecule has 14 heavy (non-hydrogen) atoms. The molecule has 3 atom stereocenters. The molecule has 0 heterocycles. The Morgan fingerprint density at radius 3 is 2.00 bits per heavy atom. The predicted octanol–water partition coefficient (Wildman–Crippen LogP) is -4.23. The van der Waals surface area contributed by atoms with Gasteiger partial charge in [-0.3, -0.25) is 4.79 Å². The van der Waals surface area contributed by atoms with Gasteiger partial charge in [0.05, 0.1) is 12.7 Å². The largest absolute Gasteiger partial charge is 0.542 e. The molecular weight excluding hydrogens is 196 g/mol. The van der Waals surface area contributed by atoms with Crippen molar-refractivity contribution >= 4 is 11.8 Å². The van der Waals surface area contributed by atoms with Crippen LogP contribution in [-0.4, -0.2) is 57.1 Å². The summed E-state index contributed by atoms with van der Waals surface area (Å²) >= 11 is 0. The standard InChI is InChI=1S/C7H12O7/c8-2-5(11)6(12)3(9)1-4(10)7(13)14/h3,5-6,8-9,11-12H,1-2H2,(H,13,14)/p-1/t3-,5-,6+/m1/s1. The second-order valence-corrected chi connectivity index (χ2v) is 2.72. The van der Waals surface area contributed by atoms with Crippen LogP contribution < -0.4 is 5.11 Å². The minimum Gasteiger partial charge on any atom is -0.542 e. The maximum atomic E-state index is 10.5. The predicted molar refractivity (Wildman–Crippen MR) is 39.7 cm³/mol. The van der Waals surface area contributed by atoms with Crippen LogP contribution >= 0.6 is 0 Å². The van der Waals surface area contributed by atoms with Crippen molar-refractivity contribution in [2.24, 2.45) is 0 Å². The number of carbonyl (C=O) groups excluding carboxylic acids is 2. The molecular formula is C7H11O7-. The van der Waals surface area contributed by atoms with Crippen molar-refractivity contribution in [3.8, 4) is 0 Å². The van der Waals surface area contributed by atoms with Gasteiger partial charge in [-0.05, 0) is 0 Å². The number of hydrogen-bond acceptors (Lipinski definition) is 7. The molecule has 0 spiro atoms. The Balaban J connectivity index is 4.13. The van der Waals surface area contributed by atoms with E-state index < -0.39 is 43.1 Å². The fraction of sp³-hybridized carbons (Fsp3) is 0.714. The molecule has 0 saturated heterocycles. The molecule has 0 fully saturated rings. The number of carbonyl (C=O) groups is 2. The lowest BCUT2D eigenvalue weighted by molar-refractivity contribution is -0.300. The summed E-state index contributed by atoms with van der Waals surface area (Å²) in [5.41, 5.74) is 0. The number of rotatable bonds is 6. The van der Waals surface area contributed by atoms with Crippen molar-refractivity contribution < 1.29 is 35.1 Å². The summed E-state index contributed by atoms with van der Waals surface area (Å²) in [6.07, 6.45) is -6.02. The first-order chi connectivity index (χ1) is 6.40. The molecule has 0 aromatic carbocycles. The molecule has 0 aliphatic carbocycles. The van der Waals surface area contributed by atoms with Crippen molar-refractivity contribution in [3.63, 3.8) is 0 Å². The van der Waals surface area contributed by atoms with E-state index in [9.17, 15) is 14.7 Å². The lowest BCUT2D eigenvalue weighted by Gasteiger charge is -2.20. The fourth-order valence-corrected chi connectivity index (χ4v) is 0.758. The molecule has 0 aromatic heterocycles. The van der Waals surface area contributed by atoms with Gasteiger partial charge in [0, 0.05) is 6.42 Å². The zero-order chi connectivity index (χ0) is 11.3. The second-order valence-electron chi connectivity index (χ2n) is 2.72. The van der Waals surface area contributed by atoms with Crippen molar-refractivity contribution in [3.05, 3.63) is 0 Å². The van der Waals surface area contributed by atoms with Crippen LogP contribution in [0, 0.1) is 0 Å². The quantitative estimate of drug-likeness (QED) is 0.324. The number of aliphatic carboxylic acids is 1. The number of Topliss-reactive ketones (excluding diaryl/α,β-unsaturated/α-hetero) is 1. The smallest absolute Gasteiger partial charge is 0.180 e. The summed E-state index contributed by atoms with van der Waals surface area (Å²) in [6, 6.07) is 0. The highest BCUT2D eigenvalue weighted by Gasteiger charge is 2.26. The number of ketones is 1. The normalized spacial score (nSPS) is 17.1. The van der Waals surface area contributed by atoms with Gasteiger partial charge < -0.3 is 30.3 Å². The van der Waals surface area contributed by atoms with Crippen LogP contribution in [0.4, 0.5) is 0 Å². The molecule has 7 heteroatoms. The molecule has 0 radical (unpaired) electrons. The number of hydrogen-bond donors (Lipinski definition) is 4. The average Bonchev–Trinajstić information content (AvgIpc) is 2.14. The molecule has 0 rings (SSSR count). The summed E-state index contributed by atoms with van der Waals surface area (Å²) in [5.74, 6) is -3.36. The first kappa shape index (κ1) is 13.0. The maximum Gasteiger partial charge on any atom is 0.180 e.